The summed E-state index contributed by atoms with van der Waals surface area (Å²) in [7, 11) is 0. The van der Waals surface area contributed by atoms with Crippen LogP contribution in [0.4, 0.5) is 4.39 Å². The lowest BCUT2D eigenvalue weighted by molar-refractivity contribution is 0.252. The molecule has 0 aliphatic heterocycles. The van der Waals surface area contributed by atoms with Crippen LogP contribution in [0.5, 0.6) is 0 Å². The number of hydrogen-bond donors (Lipinski definition) is 1. The fraction of sp³-hybridized carbons (Fsp3) is 0.571. The van der Waals surface area contributed by atoms with Gasteiger partial charge in [0, 0.05) is 16.6 Å². The molecule has 0 atom stereocenters. The van der Waals surface area contributed by atoms with Crippen molar-refractivity contribution in [3.63, 3.8) is 0 Å². The van der Waals surface area contributed by atoms with Crippen molar-refractivity contribution in [2.45, 2.75) is 51.1 Å². The average molecular weight is 300 g/mol. The van der Waals surface area contributed by atoms with E-state index >= 15 is 0 Å². The highest BCUT2D eigenvalue weighted by Crippen LogP contribution is 2.28. The zero-order chi connectivity index (χ0) is 12.3. The summed E-state index contributed by atoms with van der Waals surface area (Å²) in [5.74, 6) is -0.168. The van der Waals surface area contributed by atoms with Gasteiger partial charge in [-0.3, -0.25) is 0 Å². The molecule has 0 bridgehead atoms. The van der Waals surface area contributed by atoms with Crippen LogP contribution in [0.25, 0.3) is 0 Å². The van der Waals surface area contributed by atoms with Crippen LogP contribution >= 0.6 is 15.9 Å². The highest BCUT2D eigenvalue weighted by Gasteiger charge is 2.25. The van der Waals surface area contributed by atoms with Crippen LogP contribution < -0.4 is 5.32 Å². The Morgan fingerprint density at radius 2 is 2.00 bits per heavy atom. The highest BCUT2D eigenvalue weighted by atomic mass is 79.9. The molecule has 1 fully saturated rings. The summed E-state index contributed by atoms with van der Waals surface area (Å²) < 4.78 is 14.1. The van der Waals surface area contributed by atoms with Gasteiger partial charge < -0.3 is 5.32 Å². The van der Waals surface area contributed by atoms with E-state index in [0.717, 1.165) is 16.6 Å². The Labute approximate surface area is 111 Å². The van der Waals surface area contributed by atoms with Crippen LogP contribution in [0.2, 0.25) is 0 Å². The second kappa shape index (κ2) is 5.49. The maximum absolute atomic E-state index is 13.2. The monoisotopic (exact) mass is 299 g/mol. The van der Waals surface area contributed by atoms with E-state index in [4.69, 9.17) is 0 Å². The lowest BCUT2D eigenvalue weighted by Crippen LogP contribution is -2.43. The van der Waals surface area contributed by atoms with Gasteiger partial charge in [-0.1, -0.05) is 35.2 Å². The van der Waals surface area contributed by atoms with E-state index in [0.29, 0.717) is 0 Å². The summed E-state index contributed by atoms with van der Waals surface area (Å²) in [6, 6.07) is 4.86. The van der Waals surface area contributed by atoms with Crippen LogP contribution in [0.3, 0.4) is 0 Å². The van der Waals surface area contributed by atoms with Gasteiger partial charge in [-0.2, -0.15) is 0 Å². The van der Waals surface area contributed by atoms with E-state index in [1.54, 1.807) is 12.1 Å². The number of halogens is 2. The molecule has 94 valence electrons. The van der Waals surface area contributed by atoms with Crippen molar-refractivity contribution in [1.82, 2.24) is 5.32 Å². The van der Waals surface area contributed by atoms with E-state index in [1.165, 1.54) is 38.2 Å². The van der Waals surface area contributed by atoms with Crippen LogP contribution in [0, 0.1) is 5.82 Å². The third kappa shape index (κ3) is 3.52. The second-order valence-electron chi connectivity index (χ2n) is 5.21. The minimum absolute atomic E-state index is 0.168. The van der Waals surface area contributed by atoms with Crippen LogP contribution in [-0.4, -0.2) is 5.54 Å². The molecule has 0 aromatic heterocycles. The Bertz CT molecular complexity index is 386. The number of rotatable bonds is 3. The molecule has 2 rings (SSSR count). The molecule has 1 aliphatic rings. The first-order chi connectivity index (χ1) is 8.09. The number of benzene rings is 1. The van der Waals surface area contributed by atoms with Crippen molar-refractivity contribution in [1.29, 1.82) is 0 Å². The van der Waals surface area contributed by atoms with Gasteiger partial charge in [0.2, 0.25) is 0 Å². The highest BCUT2D eigenvalue weighted by molar-refractivity contribution is 9.10. The predicted molar refractivity (Wildman–Crippen MR) is 72.4 cm³/mol. The Balaban J connectivity index is 1.99. The number of nitrogens with one attached hydrogen (secondary N) is 1. The molecule has 1 aromatic rings. The van der Waals surface area contributed by atoms with Gasteiger partial charge in [-0.25, -0.2) is 4.39 Å². The van der Waals surface area contributed by atoms with Crippen molar-refractivity contribution >= 4 is 15.9 Å². The van der Waals surface area contributed by atoms with Crippen molar-refractivity contribution in [3.8, 4) is 0 Å². The lowest BCUT2D eigenvalue weighted by Gasteiger charge is -2.35. The van der Waals surface area contributed by atoms with Crippen molar-refractivity contribution in [3.05, 3.63) is 34.1 Å². The minimum Gasteiger partial charge on any atom is -0.307 e. The zero-order valence-corrected chi connectivity index (χ0v) is 11.8. The van der Waals surface area contributed by atoms with Gasteiger partial charge in [-0.15, -0.1) is 0 Å². The average Bonchev–Trinajstić information content (AvgIpc) is 2.31. The van der Waals surface area contributed by atoms with Gasteiger partial charge in [0.1, 0.15) is 5.82 Å². The molecule has 0 amide bonds. The van der Waals surface area contributed by atoms with Gasteiger partial charge in [0.25, 0.3) is 0 Å². The minimum atomic E-state index is -0.168. The van der Waals surface area contributed by atoms with Crippen LogP contribution in [-0.2, 0) is 6.54 Å². The number of hydrogen-bond acceptors (Lipinski definition) is 1. The fourth-order valence-corrected chi connectivity index (χ4v) is 2.88. The van der Waals surface area contributed by atoms with Crippen LogP contribution in [0.15, 0.2) is 22.7 Å². The first-order valence-electron chi connectivity index (χ1n) is 6.28. The summed E-state index contributed by atoms with van der Waals surface area (Å²) >= 11 is 3.47. The quantitative estimate of drug-likeness (QED) is 0.872. The van der Waals surface area contributed by atoms with Crippen molar-refractivity contribution in [2.75, 3.05) is 0 Å². The predicted octanol–water partition coefficient (Wildman–Crippen LogP) is 4.40. The van der Waals surface area contributed by atoms with Gasteiger partial charge in [-0.05, 0) is 43.5 Å². The van der Waals surface area contributed by atoms with E-state index in [2.05, 4.69) is 28.2 Å². The first-order valence-corrected chi connectivity index (χ1v) is 7.07. The molecule has 0 unspecified atom stereocenters. The summed E-state index contributed by atoms with van der Waals surface area (Å²) in [6.45, 7) is 3.01. The summed E-state index contributed by atoms with van der Waals surface area (Å²) in [5, 5.41) is 3.59. The van der Waals surface area contributed by atoms with Gasteiger partial charge >= 0.3 is 0 Å². The molecule has 3 heteroatoms. The molecule has 0 saturated heterocycles. The topological polar surface area (TPSA) is 12.0 Å². The maximum Gasteiger partial charge on any atom is 0.123 e. The Morgan fingerprint density at radius 3 is 2.71 bits per heavy atom. The Kier molecular flexibility index (Phi) is 4.21. The van der Waals surface area contributed by atoms with Crippen LogP contribution in [0.1, 0.15) is 44.6 Å². The Morgan fingerprint density at radius 1 is 1.29 bits per heavy atom. The molecule has 1 aliphatic carbocycles. The van der Waals surface area contributed by atoms with E-state index < -0.39 is 0 Å². The smallest absolute Gasteiger partial charge is 0.123 e. The lowest BCUT2D eigenvalue weighted by atomic mass is 9.83. The second-order valence-corrected chi connectivity index (χ2v) is 6.06. The van der Waals surface area contributed by atoms with Gasteiger partial charge in [0.15, 0.2) is 0 Å². The molecule has 0 spiro atoms. The van der Waals surface area contributed by atoms with E-state index in [-0.39, 0.29) is 11.4 Å². The standard InChI is InChI=1S/C14H19BrFN/c1-14(7-3-2-4-8-14)17-10-11-9-12(16)5-6-13(11)15/h5-6,9,17H,2-4,7-8,10H2,1H3. The summed E-state index contributed by atoms with van der Waals surface area (Å²) in [6.07, 6.45) is 6.39. The van der Waals surface area contributed by atoms with Gasteiger partial charge in [0.05, 0.1) is 0 Å². The van der Waals surface area contributed by atoms with Crippen molar-refractivity contribution < 1.29 is 4.39 Å². The SMILES string of the molecule is CC1(NCc2cc(F)ccc2Br)CCCCC1. The molecular weight excluding hydrogens is 281 g/mol. The van der Waals surface area contributed by atoms with E-state index in [9.17, 15) is 4.39 Å². The maximum atomic E-state index is 13.2. The largest absolute Gasteiger partial charge is 0.307 e. The molecule has 1 N–H and O–H groups in total. The molecule has 1 aromatic carbocycles. The normalized spacial score (nSPS) is 19.2. The zero-order valence-electron chi connectivity index (χ0n) is 10.2. The molecule has 17 heavy (non-hydrogen) atoms. The Hall–Kier alpha value is -0.410. The summed E-state index contributed by atoms with van der Waals surface area (Å²) in [4.78, 5) is 0. The van der Waals surface area contributed by atoms with Crippen molar-refractivity contribution in [2.24, 2.45) is 0 Å². The summed E-state index contributed by atoms with van der Waals surface area (Å²) in [5.41, 5.74) is 1.22. The first kappa shape index (κ1) is 13.0. The van der Waals surface area contributed by atoms with E-state index in [1.807, 2.05) is 0 Å². The molecule has 0 heterocycles. The fourth-order valence-electron chi connectivity index (χ4n) is 2.50. The third-order valence-electron chi connectivity index (χ3n) is 3.67. The third-order valence-corrected chi connectivity index (χ3v) is 4.44. The molecule has 0 radical (unpaired) electrons. The molecule has 1 nitrogen and oxygen atoms in total. The molecular formula is C14H19BrFN. The molecule has 1 saturated carbocycles.